The Bertz CT molecular complexity index is 442. The number of rotatable bonds is 2. The predicted molar refractivity (Wildman–Crippen MR) is 53.4 cm³/mol. The fourth-order valence-corrected chi connectivity index (χ4v) is 1.12. The third-order valence-electron chi connectivity index (χ3n) is 1.81. The first-order valence-electron chi connectivity index (χ1n) is 4.09. The van der Waals surface area contributed by atoms with Gasteiger partial charge in [0, 0.05) is 18.8 Å². The zero-order valence-electron chi connectivity index (χ0n) is 7.75. The summed E-state index contributed by atoms with van der Waals surface area (Å²) in [7, 11) is 1.86. The molecule has 0 aliphatic rings. The first kappa shape index (κ1) is 8.55. The van der Waals surface area contributed by atoms with Crippen LogP contribution in [0.2, 0.25) is 0 Å². The molecule has 0 saturated carbocycles. The summed E-state index contributed by atoms with van der Waals surface area (Å²) in [5.74, 6) is 0.526. The maximum absolute atomic E-state index is 4.05. The van der Waals surface area contributed by atoms with E-state index in [9.17, 15) is 0 Å². The molecule has 0 atom stereocenters. The summed E-state index contributed by atoms with van der Waals surface area (Å²) in [5.41, 5.74) is 1.72. The largest absolute Gasteiger partial charge is 0.275 e. The van der Waals surface area contributed by atoms with Gasteiger partial charge < -0.3 is 0 Å². The van der Waals surface area contributed by atoms with Crippen molar-refractivity contribution in [3.05, 3.63) is 24.5 Å². The molecule has 2 aromatic rings. The molecule has 2 heterocycles. The van der Waals surface area contributed by atoms with Gasteiger partial charge in [-0.1, -0.05) is 0 Å². The number of aliphatic imine (C=N–C) groups is 1. The fourth-order valence-electron chi connectivity index (χ4n) is 1.12. The highest BCUT2D eigenvalue weighted by atomic mass is 15.2. The van der Waals surface area contributed by atoms with Crippen LogP contribution >= 0.6 is 0 Å². The van der Waals surface area contributed by atoms with Crippen molar-refractivity contribution in [2.24, 2.45) is 12.0 Å². The number of hydrogen-bond acceptors (Lipinski definition) is 4. The minimum atomic E-state index is 0.526. The Labute approximate surface area is 81.1 Å². The van der Waals surface area contributed by atoms with Crippen molar-refractivity contribution in [2.45, 2.75) is 0 Å². The average molecular weight is 187 g/mol. The van der Waals surface area contributed by atoms with Crippen molar-refractivity contribution in [3.8, 4) is 11.3 Å². The minimum Gasteiger partial charge on any atom is -0.275 e. The van der Waals surface area contributed by atoms with Crippen molar-refractivity contribution in [1.82, 2.24) is 20.0 Å². The zero-order chi connectivity index (χ0) is 9.97. The lowest BCUT2D eigenvalue weighted by Gasteiger charge is -1.94. The topological polar surface area (TPSA) is 56.0 Å². The van der Waals surface area contributed by atoms with E-state index >= 15 is 0 Å². The van der Waals surface area contributed by atoms with E-state index in [1.165, 1.54) is 0 Å². The van der Waals surface area contributed by atoms with E-state index in [0.29, 0.717) is 5.82 Å². The molecule has 70 valence electrons. The van der Waals surface area contributed by atoms with Crippen molar-refractivity contribution in [2.75, 3.05) is 0 Å². The van der Waals surface area contributed by atoms with Crippen LogP contribution in [0.5, 0.6) is 0 Å². The van der Waals surface area contributed by atoms with Crippen molar-refractivity contribution in [1.29, 1.82) is 0 Å². The Morgan fingerprint density at radius 1 is 1.36 bits per heavy atom. The number of nitrogens with zero attached hydrogens (tertiary/aromatic N) is 5. The van der Waals surface area contributed by atoms with Gasteiger partial charge in [0.1, 0.15) is 0 Å². The van der Waals surface area contributed by atoms with Crippen LogP contribution in [0, 0.1) is 0 Å². The zero-order valence-corrected chi connectivity index (χ0v) is 7.75. The molecular weight excluding hydrogens is 178 g/mol. The lowest BCUT2D eigenvalue weighted by Crippen LogP contribution is -1.86. The molecular formula is C9H9N5. The van der Waals surface area contributed by atoms with Crippen LogP contribution in [-0.4, -0.2) is 26.7 Å². The number of aryl methyl sites for hydroxylation is 1. The summed E-state index contributed by atoms with van der Waals surface area (Å²) < 4.78 is 1.72. The van der Waals surface area contributed by atoms with Gasteiger partial charge in [-0.2, -0.15) is 5.10 Å². The molecule has 0 spiro atoms. The number of aromatic nitrogens is 4. The Hall–Kier alpha value is -2.04. The van der Waals surface area contributed by atoms with E-state index in [0.717, 1.165) is 11.3 Å². The second kappa shape index (κ2) is 3.37. The SMILES string of the molecule is C=Nc1ccc(-c2cnn(C)c2)nn1. The van der Waals surface area contributed by atoms with Gasteiger partial charge in [-0.05, 0) is 18.9 Å². The molecule has 14 heavy (non-hydrogen) atoms. The minimum absolute atomic E-state index is 0.526. The molecule has 2 rings (SSSR count). The molecule has 0 unspecified atom stereocenters. The van der Waals surface area contributed by atoms with Gasteiger partial charge in [-0.3, -0.25) is 4.68 Å². The molecule has 0 radical (unpaired) electrons. The van der Waals surface area contributed by atoms with E-state index < -0.39 is 0 Å². The summed E-state index contributed by atoms with van der Waals surface area (Å²) in [6.07, 6.45) is 3.62. The van der Waals surface area contributed by atoms with Gasteiger partial charge >= 0.3 is 0 Å². The normalized spacial score (nSPS) is 10.1. The first-order chi connectivity index (χ1) is 6.79. The standard InChI is InChI=1S/C9H9N5/c1-10-9-4-3-8(12-13-9)7-5-11-14(2)6-7/h3-6H,1H2,2H3. The Morgan fingerprint density at radius 3 is 2.71 bits per heavy atom. The molecule has 0 aromatic carbocycles. The highest BCUT2D eigenvalue weighted by Gasteiger charge is 2.01. The fraction of sp³-hybridized carbons (Fsp3) is 0.111. The van der Waals surface area contributed by atoms with Gasteiger partial charge in [0.15, 0.2) is 5.82 Å². The van der Waals surface area contributed by atoms with Crippen molar-refractivity contribution >= 4 is 12.5 Å². The molecule has 5 nitrogen and oxygen atoms in total. The van der Waals surface area contributed by atoms with Crippen molar-refractivity contribution < 1.29 is 0 Å². The molecule has 0 bridgehead atoms. The van der Waals surface area contributed by atoms with E-state index in [-0.39, 0.29) is 0 Å². The van der Waals surface area contributed by atoms with Crippen LogP contribution in [-0.2, 0) is 7.05 Å². The first-order valence-corrected chi connectivity index (χ1v) is 4.09. The van der Waals surface area contributed by atoms with Crippen LogP contribution in [0.3, 0.4) is 0 Å². The third kappa shape index (κ3) is 1.52. The van der Waals surface area contributed by atoms with Gasteiger partial charge in [0.2, 0.25) is 0 Å². The second-order valence-corrected chi connectivity index (χ2v) is 2.84. The summed E-state index contributed by atoms with van der Waals surface area (Å²) in [4.78, 5) is 3.67. The van der Waals surface area contributed by atoms with Gasteiger partial charge in [-0.15, -0.1) is 10.2 Å². The molecule has 0 aliphatic carbocycles. The maximum atomic E-state index is 4.05. The molecule has 2 aromatic heterocycles. The van der Waals surface area contributed by atoms with Crippen LogP contribution in [0.4, 0.5) is 5.82 Å². The quantitative estimate of drug-likeness (QED) is 0.664. The van der Waals surface area contributed by atoms with E-state index in [2.05, 4.69) is 27.0 Å². The van der Waals surface area contributed by atoms with E-state index in [1.807, 2.05) is 19.3 Å². The van der Waals surface area contributed by atoms with Crippen LogP contribution in [0.1, 0.15) is 0 Å². The number of hydrogen-bond donors (Lipinski definition) is 0. The Morgan fingerprint density at radius 2 is 2.21 bits per heavy atom. The Balaban J connectivity index is 2.38. The van der Waals surface area contributed by atoms with E-state index in [1.54, 1.807) is 16.9 Å². The second-order valence-electron chi connectivity index (χ2n) is 2.84. The highest BCUT2D eigenvalue weighted by molar-refractivity contribution is 5.57. The van der Waals surface area contributed by atoms with Gasteiger partial charge in [0.05, 0.1) is 11.9 Å². The molecule has 0 fully saturated rings. The lowest BCUT2D eigenvalue weighted by atomic mass is 10.2. The molecule has 0 aliphatic heterocycles. The summed E-state index contributed by atoms with van der Waals surface area (Å²) in [6.45, 7) is 3.37. The molecule has 0 N–H and O–H groups in total. The lowest BCUT2D eigenvalue weighted by molar-refractivity contribution is 0.768. The van der Waals surface area contributed by atoms with Gasteiger partial charge in [-0.25, -0.2) is 4.99 Å². The van der Waals surface area contributed by atoms with Crippen molar-refractivity contribution in [3.63, 3.8) is 0 Å². The summed E-state index contributed by atoms with van der Waals surface area (Å²) >= 11 is 0. The smallest absolute Gasteiger partial charge is 0.173 e. The summed E-state index contributed by atoms with van der Waals surface area (Å²) in [5, 5.41) is 11.9. The monoisotopic (exact) mass is 187 g/mol. The molecule has 0 amide bonds. The average Bonchev–Trinajstić information content (AvgIpc) is 2.65. The summed E-state index contributed by atoms with van der Waals surface area (Å²) in [6, 6.07) is 3.61. The van der Waals surface area contributed by atoms with Gasteiger partial charge in [0.25, 0.3) is 0 Å². The molecule has 5 heteroatoms. The van der Waals surface area contributed by atoms with E-state index in [4.69, 9.17) is 0 Å². The van der Waals surface area contributed by atoms with Crippen LogP contribution in [0.25, 0.3) is 11.3 Å². The third-order valence-corrected chi connectivity index (χ3v) is 1.81. The van der Waals surface area contributed by atoms with Crippen LogP contribution < -0.4 is 0 Å². The van der Waals surface area contributed by atoms with Crippen LogP contribution in [0.15, 0.2) is 29.5 Å². The predicted octanol–water partition coefficient (Wildman–Crippen LogP) is 1.21. The Kier molecular flexibility index (Phi) is 2.06. The highest BCUT2D eigenvalue weighted by Crippen LogP contribution is 2.16. The maximum Gasteiger partial charge on any atom is 0.173 e. The molecule has 0 saturated heterocycles.